The van der Waals surface area contributed by atoms with Crippen LogP contribution in [0.4, 0.5) is 0 Å². The van der Waals surface area contributed by atoms with Crippen molar-refractivity contribution in [1.82, 2.24) is 15.1 Å². The maximum atomic E-state index is 12.1. The van der Waals surface area contributed by atoms with E-state index in [0.29, 0.717) is 18.0 Å². The van der Waals surface area contributed by atoms with Crippen LogP contribution >= 0.6 is 0 Å². The molecule has 1 unspecified atom stereocenters. The Kier molecular flexibility index (Phi) is 3.67. The molecule has 5 nitrogen and oxygen atoms in total. The van der Waals surface area contributed by atoms with E-state index in [1.54, 1.807) is 6.20 Å². The average molecular weight is 264 g/mol. The third kappa shape index (κ3) is 3.15. The van der Waals surface area contributed by atoms with Crippen LogP contribution in [-0.2, 0) is 5.54 Å². The number of carbonyl (C=O) groups excluding carboxylic acids is 1. The summed E-state index contributed by atoms with van der Waals surface area (Å²) in [6, 6.07) is 0.0851. The highest BCUT2D eigenvalue weighted by Crippen LogP contribution is 2.31. The second-order valence-corrected chi connectivity index (χ2v) is 6.44. The highest BCUT2D eigenvalue weighted by molar-refractivity contribution is 5.95. The fourth-order valence-electron chi connectivity index (χ4n) is 2.31. The molecule has 1 aromatic heterocycles. The average Bonchev–Trinajstić information content (AvgIpc) is 3.07. The van der Waals surface area contributed by atoms with E-state index in [0.717, 1.165) is 5.69 Å². The summed E-state index contributed by atoms with van der Waals surface area (Å²) in [7, 11) is 0. The predicted molar refractivity (Wildman–Crippen MR) is 75.0 cm³/mol. The van der Waals surface area contributed by atoms with Gasteiger partial charge in [-0.3, -0.25) is 9.48 Å². The molecule has 1 fully saturated rings. The van der Waals surface area contributed by atoms with Crippen LogP contribution < -0.4 is 11.1 Å². The second-order valence-electron chi connectivity index (χ2n) is 6.44. The van der Waals surface area contributed by atoms with Gasteiger partial charge in [0.1, 0.15) is 0 Å². The minimum Gasteiger partial charge on any atom is -0.350 e. The standard InChI is InChI=1S/C14H24N4O/c1-9-11(7-17-18(9)14(2,3)4)13(19)16-8-12(15)10-5-6-10/h7,10,12H,5-6,8,15H2,1-4H3,(H,16,19). The molecule has 1 aliphatic carbocycles. The van der Waals surface area contributed by atoms with Gasteiger partial charge in [0.05, 0.1) is 17.3 Å². The van der Waals surface area contributed by atoms with E-state index >= 15 is 0 Å². The molecule has 106 valence electrons. The van der Waals surface area contributed by atoms with Gasteiger partial charge in [-0.05, 0) is 46.5 Å². The number of amides is 1. The number of carbonyl (C=O) groups is 1. The topological polar surface area (TPSA) is 72.9 Å². The van der Waals surface area contributed by atoms with Crippen LogP contribution in [0.15, 0.2) is 6.20 Å². The van der Waals surface area contributed by atoms with E-state index in [1.165, 1.54) is 12.8 Å². The van der Waals surface area contributed by atoms with Gasteiger partial charge >= 0.3 is 0 Å². The largest absolute Gasteiger partial charge is 0.350 e. The highest BCUT2D eigenvalue weighted by atomic mass is 16.1. The number of hydrogen-bond donors (Lipinski definition) is 2. The maximum Gasteiger partial charge on any atom is 0.254 e. The lowest BCUT2D eigenvalue weighted by molar-refractivity contribution is 0.0949. The Labute approximate surface area is 114 Å². The van der Waals surface area contributed by atoms with Crippen molar-refractivity contribution in [3.8, 4) is 0 Å². The van der Waals surface area contributed by atoms with E-state index in [9.17, 15) is 4.79 Å². The molecule has 0 saturated heterocycles. The van der Waals surface area contributed by atoms with Crippen LogP contribution in [-0.4, -0.2) is 28.3 Å². The molecule has 1 atom stereocenters. The van der Waals surface area contributed by atoms with Crippen LogP contribution in [0.3, 0.4) is 0 Å². The summed E-state index contributed by atoms with van der Waals surface area (Å²) in [5.41, 5.74) is 7.39. The Morgan fingerprint density at radius 2 is 2.21 bits per heavy atom. The summed E-state index contributed by atoms with van der Waals surface area (Å²) < 4.78 is 1.88. The molecule has 0 spiro atoms. The third-order valence-corrected chi connectivity index (χ3v) is 3.62. The molecular weight excluding hydrogens is 240 g/mol. The van der Waals surface area contributed by atoms with Gasteiger partial charge in [0.2, 0.25) is 0 Å². The molecule has 0 bridgehead atoms. The van der Waals surface area contributed by atoms with Gasteiger partial charge in [0, 0.05) is 18.3 Å². The lowest BCUT2D eigenvalue weighted by atomic mass is 10.1. The van der Waals surface area contributed by atoms with Crippen molar-refractivity contribution < 1.29 is 4.79 Å². The fraction of sp³-hybridized carbons (Fsp3) is 0.714. The minimum atomic E-state index is -0.118. The summed E-state index contributed by atoms with van der Waals surface area (Å²) in [6.45, 7) is 8.67. The Morgan fingerprint density at radius 3 is 2.68 bits per heavy atom. The van der Waals surface area contributed by atoms with E-state index < -0.39 is 0 Å². The molecule has 19 heavy (non-hydrogen) atoms. The minimum absolute atomic E-state index is 0.0795. The monoisotopic (exact) mass is 264 g/mol. The first-order chi connectivity index (χ1) is 8.80. The first kappa shape index (κ1) is 14.1. The Morgan fingerprint density at radius 1 is 1.58 bits per heavy atom. The molecular formula is C14H24N4O. The van der Waals surface area contributed by atoms with Crippen molar-refractivity contribution in [2.24, 2.45) is 11.7 Å². The van der Waals surface area contributed by atoms with Crippen molar-refractivity contribution in [3.05, 3.63) is 17.5 Å². The molecule has 1 aliphatic rings. The molecule has 1 amide bonds. The zero-order valence-electron chi connectivity index (χ0n) is 12.2. The number of aromatic nitrogens is 2. The Bertz CT molecular complexity index is 468. The third-order valence-electron chi connectivity index (χ3n) is 3.62. The van der Waals surface area contributed by atoms with Crippen molar-refractivity contribution in [2.45, 2.75) is 52.1 Å². The molecule has 2 rings (SSSR count). The summed E-state index contributed by atoms with van der Waals surface area (Å²) in [6.07, 6.45) is 4.02. The van der Waals surface area contributed by atoms with Crippen LogP contribution in [0, 0.1) is 12.8 Å². The molecule has 1 saturated carbocycles. The summed E-state index contributed by atoms with van der Waals surface area (Å²) in [5.74, 6) is 0.516. The van der Waals surface area contributed by atoms with E-state index in [1.807, 2.05) is 11.6 Å². The fourth-order valence-corrected chi connectivity index (χ4v) is 2.31. The van der Waals surface area contributed by atoms with Crippen molar-refractivity contribution in [3.63, 3.8) is 0 Å². The van der Waals surface area contributed by atoms with Gasteiger partial charge in [-0.15, -0.1) is 0 Å². The lowest BCUT2D eigenvalue weighted by Gasteiger charge is -2.21. The number of rotatable bonds is 4. The highest BCUT2D eigenvalue weighted by Gasteiger charge is 2.29. The molecule has 1 aromatic rings. The van der Waals surface area contributed by atoms with Gasteiger partial charge in [0.25, 0.3) is 5.91 Å². The molecule has 3 N–H and O–H groups in total. The SMILES string of the molecule is Cc1c(C(=O)NCC(N)C2CC2)cnn1C(C)(C)C. The zero-order valence-corrected chi connectivity index (χ0v) is 12.2. The molecule has 5 heteroatoms. The second kappa shape index (κ2) is 4.96. The maximum absolute atomic E-state index is 12.1. The zero-order chi connectivity index (χ0) is 14.2. The Hall–Kier alpha value is -1.36. The first-order valence-corrected chi connectivity index (χ1v) is 6.89. The van der Waals surface area contributed by atoms with Gasteiger partial charge in [-0.25, -0.2) is 0 Å². The molecule has 0 aliphatic heterocycles. The van der Waals surface area contributed by atoms with Crippen LogP contribution in [0.5, 0.6) is 0 Å². The number of nitrogens with one attached hydrogen (secondary N) is 1. The predicted octanol–water partition coefficient (Wildman–Crippen LogP) is 1.41. The summed E-state index contributed by atoms with van der Waals surface area (Å²) in [4.78, 5) is 12.1. The van der Waals surface area contributed by atoms with E-state index in [-0.39, 0.29) is 17.5 Å². The van der Waals surface area contributed by atoms with Crippen molar-refractivity contribution in [1.29, 1.82) is 0 Å². The van der Waals surface area contributed by atoms with Gasteiger partial charge in [-0.1, -0.05) is 0 Å². The Balaban J connectivity index is 2.01. The van der Waals surface area contributed by atoms with E-state index in [4.69, 9.17) is 5.73 Å². The molecule has 0 radical (unpaired) electrons. The smallest absolute Gasteiger partial charge is 0.254 e. The van der Waals surface area contributed by atoms with Crippen LogP contribution in [0.2, 0.25) is 0 Å². The number of nitrogens with zero attached hydrogens (tertiary/aromatic N) is 2. The first-order valence-electron chi connectivity index (χ1n) is 6.89. The number of nitrogens with two attached hydrogens (primary N) is 1. The molecule has 1 heterocycles. The lowest BCUT2D eigenvalue weighted by Crippen LogP contribution is -2.38. The van der Waals surface area contributed by atoms with Gasteiger partial charge in [-0.2, -0.15) is 5.10 Å². The van der Waals surface area contributed by atoms with Crippen LogP contribution in [0.25, 0.3) is 0 Å². The summed E-state index contributed by atoms with van der Waals surface area (Å²) in [5, 5.41) is 7.22. The molecule has 0 aromatic carbocycles. The number of hydrogen-bond acceptors (Lipinski definition) is 3. The van der Waals surface area contributed by atoms with Crippen LogP contribution in [0.1, 0.15) is 49.7 Å². The summed E-state index contributed by atoms with van der Waals surface area (Å²) >= 11 is 0. The van der Waals surface area contributed by atoms with Crippen molar-refractivity contribution in [2.75, 3.05) is 6.54 Å². The normalized spacial score (nSPS) is 17.3. The van der Waals surface area contributed by atoms with E-state index in [2.05, 4.69) is 31.2 Å². The van der Waals surface area contributed by atoms with Gasteiger partial charge in [0.15, 0.2) is 0 Å². The van der Waals surface area contributed by atoms with Crippen molar-refractivity contribution >= 4 is 5.91 Å². The van der Waals surface area contributed by atoms with Gasteiger partial charge < -0.3 is 11.1 Å². The quantitative estimate of drug-likeness (QED) is 0.863.